The summed E-state index contributed by atoms with van der Waals surface area (Å²) in [6.45, 7) is 4.23. The van der Waals surface area contributed by atoms with Crippen LogP contribution in [0.3, 0.4) is 0 Å². The number of fused-ring (bicyclic) bond motifs is 1. The molecule has 0 radical (unpaired) electrons. The third-order valence-corrected chi connectivity index (χ3v) is 5.10. The van der Waals surface area contributed by atoms with Crippen LogP contribution in [0.2, 0.25) is 0 Å². The molecule has 1 N–H and O–H groups in total. The molecule has 0 unspecified atom stereocenters. The third kappa shape index (κ3) is 4.00. The predicted molar refractivity (Wildman–Crippen MR) is 97.4 cm³/mol. The Kier molecular flexibility index (Phi) is 5.94. The summed E-state index contributed by atoms with van der Waals surface area (Å²) in [7, 11) is 0. The number of piperidine rings is 1. The normalized spacial score (nSPS) is 19.0. The van der Waals surface area contributed by atoms with Gasteiger partial charge >= 0.3 is 6.18 Å². The summed E-state index contributed by atoms with van der Waals surface area (Å²) in [5.41, 5.74) is 0.0508. The Labute approximate surface area is 165 Å². The van der Waals surface area contributed by atoms with Crippen molar-refractivity contribution in [2.24, 2.45) is 5.92 Å². The molecule has 154 valence electrons. The number of carbonyl (C=O) groups is 1. The molecule has 2 aromatic heterocycles. The molecule has 2 aromatic rings. The highest BCUT2D eigenvalue weighted by Crippen LogP contribution is 2.29. The van der Waals surface area contributed by atoms with Crippen LogP contribution < -0.4 is 10.2 Å². The molecular formula is C16H21ClF3N7O. The minimum Gasteiger partial charge on any atom is -0.355 e. The molecule has 0 spiro atoms. The van der Waals surface area contributed by atoms with Gasteiger partial charge in [0.2, 0.25) is 5.91 Å². The summed E-state index contributed by atoms with van der Waals surface area (Å²) >= 11 is 0. The van der Waals surface area contributed by atoms with E-state index in [0.717, 1.165) is 30.7 Å². The molecule has 0 aromatic carbocycles. The molecule has 1 amide bonds. The van der Waals surface area contributed by atoms with Gasteiger partial charge in [-0.05, 0) is 25.0 Å². The number of anilines is 1. The first-order valence-corrected chi connectivity index (χ1v) is 8.97. The zero-order valence-corrected chi connectivity index (χ0v) is 15.8. The minimum atomic E-state index is -4.62. The largest absolute Gasteiger partial charge is 0.453 e. The molecule has 4 rings (SSSR count). The quantitative estimate of drug-likeness (QED) is 0.788. The lowest BCUT2D eigenvalue weighted by molar-refractivity contribution is -0.146. The van der Waals surface area contributed by atoms with E-state index in [0.29, 0.717) is 31.7 Å². The second-order valence-corrected chi connectivity index (χ2v) is 6.82. The Hall–Kier alpha value is -2.14. The monoisotopic (exact) mass is 419 g/mol. The summed E-state index contributed by atoms with van der Waals surface area (Å²) in [5, 5.41) is 14.0. The lowest BCUT2D eigenvalue weighted by Gasteiger charge is -2.36. The maximum Gasteiger partial charge on any atom is 0.453 e. The van der Waals surface area contributed by atoms with Crippen molar-refractivity contribution in [2.45, 2.75) is 19.0 Å². The van der Waals surface area contributed by atoms with Crippen LogP contribution in [0.5, 0.6) is 0 Å². The first-order valence-electron chi connectivity index (χ1n) is 8.97. The van der Waals surface area contributed by atoms with Crippen molar-refractivity contribution < 1.29 is 18.0 Å². The molecule has 0 atom stereocenters. The predicted octanol–water partition coefficient (Wildman–Crippen LogP) is 1.21. The number of rotatable bonds is 2. The van der Waals surface area contributed by atoms with Crippen LogP contribution >= 0.6 is 12.4 Å². The Morgan fingerprint density at radius 3 is 2.39 bits per heavy atom. The number of alkyl halides is 3. The molecule has 0 bridgehead atoms. The average molecular weight is 420 g/mol. The Morgan fingerprint density at radius 1 is 1.07 bits per heavy atom. The fourth-order valence-electron chi connectivity index (χ4n) is 3.62. The molecular weight excluding hydrogens is 399 g/mol. The summed E-state index contributed by atoms with van der Waals surface area (Å²) in [4.78, 5) is 16.4. The van der Waals surface area contributed by atoms with E-state index < -0.39 is 12.0 Å². The van der Waals surface area contributed by atoms with Crippen LogP contribution in [0.4, 0.5) is 19.0 Å². The highest BCUT2D eigenvalue weighted by atomic mass is 35.5. The number of amides is 1. The zero-order valence-electron chi connectivity index (χ0n) is 15.0. The van der Waals surface area contributed by atoms with E-state index in [-0.39, 0.29) is 29.9 Å². The summed E-state index contributed by atoms with van der Waals surface area (Å²) in [5.74, 6) is -0.564. The van der Waals surface area contributed by atoms with Crippen LogP contribution in [-0.2, 0) is 11.0 Å². The minimum absolute atomic E-state index is 0. The van der Waals surface area contributed by atoms with E-state index in [1.807, 2.05) is 9.80 Å². The van der Waals surface area contributed by atoms with Crippen molar-refractivity contribution in [3.05, 3.63) is 18.0 Å². The van der Waals surface area contributed by atoms with Crippen LogP contribution in [0.25, 0.3) is 5.65 Å². The van der Waals surface area contributed by atoms with Gasteiger partial charge in [0.15, 0.2) is 5.65 Å². The molecule has 2 aliphatic heterocycles. The van der Waals surface area contributed by atoms with Gasteiger partial charge in [-0.25, -0.2) is 0 Å². The number of halogens is 4. The van der Waals surface area contributed by atoms with Gasteiger partial charge in [0.1, 0.15) is 5.82 Å². The van der Waals surface area contributed by atoms with Crippen LogP contribution in [-0.4, -0.2) is 69.9 Å². The number of aromatic nitrogens is 4. The molecule has 2 fully saturated rings. The van der Waals surface area contributed by atoms with E-state index in [1.165, 1.54) is 6.07 Å². The van der Waals surface area contributed by atoms with Gasteiger partial charge in [-0.15, -0.1) is 27.7 Å². The SMILES string of the molecule is Cl.O=C(C1CCN(c2ccc3nnc(C(F)(F)F)n3n2)CC1)N1CCNCC1. The maximum absolute atomic E-state index is 13.0. The molecule has 2 aliphatic rings. The average Bonchev–Trinajstić information content (AvgIpc) is 3.12. The second-order valence-electron chi connectivity index (χ2n) is 6.82. The van der Waals surface area contributed by atoms with E-state index in [4.69, 9.17) is 0 Å². The molecule has 28 heavy (non-hydrogen) atoms. The second kappa shape index (κ2) is 8.08. The summed E-state index contributed by atoms with van der Waals surface area (Å²) in [6, 6.07) is 3.12. The standard InChI is InChI=1S/C16H20F3N7O.ClH/c17-16(18,19)15-22-21-12-1-2-13(23-26(12)15)24-7-3-11(4-8-24)14(27)25-9-5-20-6-10-25;/h1-2,11,20H,3-10H2;1H. The van der Waals surface area contributed by atoms with Crippen molar-refractivity contribution in [3.8, 4) is 0 Å². The van der Waals surface area contributed by atoms with E-state index >= 15 is 0 Å². The van der Waals surface area contributed by atoms with E-state index in [9.17, 15) is 18.0 Å². The number of nitrogens with zero attached hydrogens (tertiary/aromatic N) is 6. The number of hydrogen-bond donors (Lipinski definition) is 1. The van der Waals surface area contributed by atoms with Crippen molar-refractivity contribution in [2.75, 3.05) is 44.2 Å². The zero-order chi connectivity index (χ0) is 19.0. The van der Waals surface area contributed by atoms with Gasteiger partial charge in [0, 0.05) is 45.2 Å². The Morgan fingerprint density at radius 2 is 1.75 bits per heavy atom. The lowest BCUT2D eigenvalue weighted by Crippen LogP contribution is -2.50. The first-order chi connectivity index (χ1) is 12.9. The van der Waals surface area contributed by atoms with Crippen molar-refractivity contribution >= 4 is 29.8 Å². The van der Waals surface area contributed by atoms with E-state index in [2.05, 4.69) is 20.6 Å². The molecule has 8 nitrogen and oxygen atoms in total. The maximum atomic E-state index is 13.0. The van der Waals surface area contributed by atoms with Crippen LogP contribution in [0.1, 0.15) is 18.7 Å². The highest BCUT2D eigenvalue weighted by Gasteiger charge is 2.38. The topological polar surface area (TPSA) is 78.7 Å². The Bertz CT molecular complexity index is 829. The molecule has 4 heterocycles. The number of piperazine rings is 1. The van der Waals surface area contributed by atoms with E-state index in [1.54, 1.807) is 6.07 Å². The number of nitrogens with one attached hydrogen (secondary N) is 1. The van der Waals surface area contributed by atoms with Crippen molar-refractivity contribution in [1.29, 1.82) is 0 Å². The van der Waals surface area contributed by atoms with Gasteiger partial charge in [-0.3, -0.25) is 4.79 Å². The molecule has 0 aliphatic carbocycles. The van der Waals surface area contributed by atoms with Gasteiger partial charge < -0.3 is 15.1 Å². The van der Waals surface area contributed by atoms with Gasteiger partial charge in [-0.1, -0.05) is 0 Å². The van der Waals surface area contributed by atoms with Crippen molar-refractivity contribution in [3.63, 3.8) is 0 Å². The van der Waals surface area contributed by atoms with Gasteiger partial charge in [-0.2, -0.15) is 17.7 Å². The molecule has 2 saturated heterocycles. The first kappa shape index (κ1) is 20.6. The van der Waals surface area contributed by atoms with Crippen molar-refractivity contribution in [1.82, 2.24) is 30.0 Å². The number of carbonyl (C=O) groups excluding carboxylic acids is 1. The molecule has 12 heteroatoms. The smallest absolute Gasteiger partial charge is 0.355 e. The fraction of sp³-hybridized carbons (Fsp3) is 0.625. The van der Waals surface area contributed by atoms with Gasteiger partial charge in [0.25, 0.3) is 5.82 Å². The van der Waals surface area contributed by atoms with Gasteiger partial charge in [0.05, 0.1) is 0 Å². The summed E-state index contributed by atoms with van der Waals surface area (Å²) in [6.07, 6.45) is -3.29. The summed E-state index contributed by atoms with van der Waals surface area (Å²) < 4.78 is 39.8. The highest BCUT2D eigenvalue weighted by molar-refractivity contribution is 5.85. The molecule has 0 saturated carbocycles. The Balaban J connectivity index is 0.00000225. The van der Waals surface area contributed by atoms with Crippen LogP contribution in [0, 0.1) is 5.92 Å². The van der Waals surface area contributed by atoms with Crippen LogP contribution in [0.15, 0.2) is 12.1 Å². The fourth-order valence-corrected chi connectivity index (χ4v) is 3.62. The number of hydrogen-bond acceptors (Lipinski definition) is 6. The third-order valence-electron chi connectivity index (χ3n) is 5.10. The lowest BCUT2D eigenvalue weighted by atomic mass is 9.95.